The van der Waals surface area contributed by atoms with E-state index in [9.17, 15) is 14.4 Å². The average Bonchev–Trinajstić information content (AvgIpc) is 3.14. The number of aryl methyl sites for hydroxylation is 1. The van der Waals surface area contributed by atoms with Crippen LogP contribution in [0.5, 0.6) is 0 Å². The molecule has 0 aliphatic heterocycles. The smallest absolute Gasteiger partial charge is 0.312 e. The van der Waals surface area contributed by atoms with Gasteiger partial charge in [0, 0.05) is 30.2 Å². The Morgan fingerprint density at radius 2 is 1.72 bits per heavy atom. The monoisotopic (exact) mass is 408 g/mol. The fourth-order valence-corrected chi connectivity index (χ4v) is 3.46. The van der Waals surface area contributed by atoms with Crippen LogP contribution in [0.2, 0.25) is 5.02 Å². The molecule has 0 fully saturated rings. The van der Waals surface area contributed by atoms with Gasteiger partial charge in [-0.1, -0.05) is 29.8 Å². The first-order chi connectivity index (χ1) is 13.9. The third-order valence-electron chi connectivity index (χ3n) is 4.86. The molecule has 2 aromatic carbocycles. The molecule has 0 atom stereocenters. The molecule has 146 valence electrons. The Hall–Kier alpha value is -3.45. The predicted octanol–water partition coefficient (Wildman–Crippen LogP) is 2.37. The second-order valence-electron chi connectivity index (χ2n) is 6.79. The normalized spacial score (nSPS) is 11.1. The molecule has 0 bridgehead atoms. The van der Waals surface area contributed by atoms with E-state index in [1.807, 2.05) is 6.07 Å². The van der Waals surface area contributed by atoms with E-state index in [0.29, 0.717) is 28.3 Å². The van der Waals surface area contributed by atoms with Crippen molar-refractivity contribution < 1.29 is 4.79 Å². The van der Waals surface area contributed by atoms with Crippen LogP contribution in [-0.4, -0.2) is 24.5 Å². The first-order valence-corrected chi connectivity index (χ1v) is 9.24. The minimum atomic E-state index is -0.437. The number of hydrogen-bond acceptors (Lipinski definition) is 4. The lowest BCUT2D eigenvalue weighted by atomic mass is 10.0. The molecule has 0 unspecified atom stereocenters. The van der Waals surface area contributed by atoms with Crippen molar-refractivity contribution in [3.8, 4) is 0 Å². The zero-order valence-electron chi connectivity index (χ0n) is 15.8. The van der Waals surface area contributed by atoms with Crippen molar-refractivity contribution >= 4 is 28.5 Å². The van der Waals surface area contributed by atoms with E-state index < -0.39 is 11.2 Å². The molecule has 8 heteroatoms. The first-order valence-electron chi connectivity index (χ1n) is 8.87. The number of aromatic nitrogens is 4. The summed E-state index contributed by atoms with van der Waals surface area (Å²) in [6.45, 7) is 0.360. The fourth-order valence-electron chi connectivity index (χ4n) is 3.33. The van der Waals surface area contributed by atoms with Crippen molar-refractivity contribution in [1.82, 2.24) is 18.7 Å². The lowest BCUT2D eigenvalue weighted by Crippen LogP contribution is -2.37. The average molecular weight is 409 g/mol. The quantitative estimate of drug-likeness (QED) is 0.486. The van der Waals surface area contributed by atoms with Crippen LogP contribution in [0.15, 0.2) is 64.4 Å². The van der Waals surface area contributed by atoms with Gasteiger partial charge >= 0.3 is 5.69 Å². The van der Waals surface area contributed by atoms with E-state index in [2.05, 4.69) is 4.98 Å². The number of nitrogens with zero attached hydrogens (tertiary/aromatic N) is 4. The Kier molecular flexibility index (Phi) is 4.68. The summed E-state index contributed by atoms with van der Waals surface area (Å²) in [5.74, 6) is -0.111. The highest BCUT2D eigenvalue weighted by molar-refractivity contribution is 6.30. The maximum absolute atomic E-state index is 12.8. The van der Waals surface area contributed by atoms with Crippen LogP contribution in [0, 0.1) is 0 Å². The highest BCUT2D eigenvalue weighted by Crippen LogP contribution is 2.16. The molecular formula is C21H17ClN4O3. The second-order valence-corrected chi connectivity index (χ2v) is 7.22. The van der Waals surface area contributed by atoms with Crippen molar-refractivity contribution in [2.75, 3.05) is 0 Å². The fraction of sp³-hybridized carbons (Fsp3) is 0.143. The summed E-state index contributed by atoms with van der Waals surface area (Å²) in [6.07, 6.45) is 1.53. The van der Waals surface area contributed by atoms with Gasteiger partial charge in [0.25, 0.3) is 5.56 Å². The molecule has 0 aliphatic carbocycles. The Morgan fingerprint density at radius 1 is 1.00 bits per heavy atom. The number of benzene rings is 2. The van der Waals surface area contributed by atoms with Gasteiger partial charge in [0.2, 0.25) is 0 Å². The third kappa shape index (κ3) is 3.30. The highest BCUT2D eigenvalue weighted by atomic mass is 35.5. The van der Waals surface area contributed by atoms with Crippen LogP contribution in [0.1, 0.15) is 21.5 Å². The predicted molar refractivity (Wildman–Crippen MR) is 111 cm³/mol. The van der Waals surface area contributed by atoms with Crippen LogP contribution < -0.4 is 11.2 Å². The first kappa shape index (κ1) is 18.9. The number of halogens is 1. The van der Waals surface area contributed by atoms with Gasteiger partial charge in [-0.15, -0.1) is 0 Å². The molecule has 0 N–H and O–H groups in total. The zero-order valence-corrected chi connectivity index (χ0v) is 16.6. The standard InChI is InChI=1S/C21H17ClN4O3/c1-24-19-17(20(28)25(2)21(24)29)23-12-26(19)11-13-4-3-5-15(10-13)18(27)14-6-8-16(22)9-7-14/h3-10,12H,11H2,1-2H3. The number of rotatable bonds is 4. The van der Waals surface area contributed by atoms with Gasteiger partial charge < -0.3 is 4.57 Å². The summed E-state index contributed by atoms with van der Waals surface area (Å²) in [7, 11) is 3.03. The van der Waals surface area contributed by atoms with E-state index in [-0.39, 0.29) is 11.3 Å². The molecule has 7 nitrogen and oxygen atoms in total. The minimum Gasteiger partial charge on any atom is -0.312 e. The summed E-state index contributed by atoms with van der Waals surface area (Å²) >= 11 is 5.89. The van der Waals surface area contributed by atoms with Gasteiger partial charge in [0.15, 0.2) is 11.3 Å². The molecule has 29 heavy (non-hydrogen) atoms. The highest BCUT2D eigenvalue weighted by Gasteiger charge is 2.15. The van der Waals surface area contributed by atoms with Crippen LogP contribution in [0.25, 0.3) is 11.2 Å². The van der Waals surface area contributed by atoms with Crippen molar-refractivity contribution in [2.24, 2.45) is 14.1 Å². The summed E-state index contributed by atoms with van der Waals surface area (Å²) in [5.41, 5.74) is 1.74. The summed E-state index contributed by atoms with van der Waals surface area (Å²) < 4.78 is 4.15. The molecular weight excluding hydrogens is 392 g/mol. The Bertz CT molecular complexity index is 1360. The summed E-state index contributed by atoms with van der Waals surface area (Å²) in [6, 6.07) is 14.0. The van der Waals surface area contributed by atoms with Gasteiger partial charge in [-0.2, -0.15) is 0 Å². The van der Waals surface area contributed by atoms with Crippen LogP contribution in [0.3, 0.4) is 0 Å². The largest absolute Gasteiger partial charge is 0.332 e. The van der Waals surface area contributed by atoms with Gasteiger partial charge in [0.05, 0.1) is 12.9 Å². The number of imidazole rings is 1. The number of hydrogen-bond donors (Lipinski definition) is 0. The van der Waals surface area contributed by atoms with E-state index >= 15 is 0 Å². The molecule has 4 rings (SSSR count). The second kappa shape index (κ2) is 7.18. The molecule has 0 aliphatic rings. The number of ketones is 1. The Morgan fingerprint density at radius 3 is 2.45 bits per heavy atom. The molecule has 2 heterocycles. The molecule has 2 aromatic heterocycles. The lowest BCUT2D eigenvalue weighted by Gasteiger charge is -2.10. The minimum absolute atomic E-state index is 0.111. The van der Waals surface area contributed by atoms with Crippen molar-refractivity contribution in [3.63, 3.8) is 0 Å². The van der Waals surface area contributed by atoms with E-state index in [1.54, 1.807) is 54.1 Å². The van der Waals surface area contributed by atoms with E-state index in [4.69, 9.17) is 11.6 Å². The zero-order chi connectivity index (χ0) is 20.7. The maximum Gasteiger partial charge on any atom is 0.332 e. The molecule has 4 aromatic rings. The van der Waals surface area contributed by atoms with Gasteiger partial charge in [-0.25, -0.2) is 9.78 Å². The topological polar surface area (TPSA) is 78.9 Å². The van der Waals surface area contributed by atoms with Crippen LogP contribution in [-0.2, 0) is 20.6 Å². The van der Waals surface area contributed by atoms with E-state index in [0.717, 1.165) is 10.1 Å². The van der Waals surface area contributed by atoms with E-state index in [1.165, 1.54) is 17.9 Å². The number of carbonyl (C=O) groups excluding carboxylic acids is 1. The maximum atomic E-state index is 12.8. The Balaban J connectivity index is 1.72. The van der Waals surface area contributed by atoms with Crippen molar-refractivity contribution in [3.05, 3.63) is 97.4 Å². The van der Waals surface area contributed by atoms with Gasteiger partial charge in [-0.05, 0) is 35.9 Å². The van der Waals surface area contributed by atoms with Crippen LogP contribution in [0.4, 0.5) is 0 Å². The van der Waals surface area contributed by atoms with Crippen LogP contribution >= 0.6 is 11.6 Å². The van der Waals surface area contributed by atoms with Crippen molar-refractivity contribution in [2.45, 2.75) is 6.54 Å². The number of carbonyl (C=O) groups is 1. The van der Waals surface area contributed by atoms with Gasteiger partial charge in [0.1, 0.15) is 5.65 Å². The lowest BCUT2D eigenvalue weighted by molar-refractivity contribution is 0.103. The molecule has 0 radical (unpaired) electrons. The molecule has 0 saturated carbocycles. The van der Waals surface area contributed by atoms with Gasteiger partial charge in [-0.3, -0.25) is 18.7 Å². The molecule has 0 saturated heterocycles. The summed E-state index contributed by atoms with van der Waals surface area (Å²) in [4.78, 5) is 41.5. The molecule has 0 amide bonds. The number of fused-ring (bicyclic) bond motifs is 1. The SMILES string of the molecule is Cn1c(=O)c2ncn(Cc3cccc(C(=O)c4ccc(Cl)cc4)c3)c2n(C)c1=O. The van der Waals surface area contributed by atoms with Crippen molar-refractivity contribution in [1.29, 1.82) is 0 Å². The molecule has 0 spiro atoms. The summed E-state index contributed by atoms with van der Waals surface area (Å²) in [5, 5.41) is 0.569. The third-order valence-corrected chi connectivity index (χ3v) is 5.11. The Labute approximate surface area is 170 Å².